The summed E-state index contributed by atoms with van der Waals surface area (Å²) in [6, 6.07) is 7.31. The molecular formula is C15H13ClN4O. The van der Waals surface area contributed by atoms with Crippen molar-refractivity contribution in [2.24, 2.45) is 7.05 Å². The van der Waals surface area contributed by atoms with Gasteiger partial charge in [-0.15, -0.1) is 0 Å². The van der Waals surface area contributed by atoms with Gasteiger partial charge in [0.05, 0.1) is 16.9 Å². The molecule has 3 aromatic rings. The highest BCUT2D eigenvalue weighted by Crippen LogP contribution is 2.25. The van der Waals surface area contributed by atoms with Crippen LogP contribution in [0.2, 0.25) is 5.02 Å². The van der Waals surface area contributed by atoms with Crippen molar-refractivity contribution in [2.45, 2.75) is 6.92 Å². The second-order valence-corrected chi connectivity index (χ2v) is 5.21. The van der Waals surface area contributed by atoms with Crippen LogP contribution in [0.25, 0.3) is 16.9 Å². The summed E-state index contributed by atoms with van der Waals surface area (Å²) in [5.74, 6) is 0. The molecule has 0 aliphatic heterocycles. The van der Waals surface area contributed by atoms with E-state index in [1.807, 2.05) is 32.3 Å². The van der Waals surface area contributed by atoms with Gasteiger partial charge in [-0.25, -0.2) is 4.68 Å². The fourth-order valence-electron chi connectivity index (χ4n) is 2.27. The predicted molar refractivity (Wildman–Crippen MR) is 80.9 cm³/mol. The van der Waals surface area contributed by atoms with Crippen LogP contribution >= 0.6 is 11.6 Å². The van der Waals surface area contributed by atoms with E-state index in [1.165, 1.54) is 0 Å². The fraction of sp³-hybridized carbons (Fsp3) is 0.133. The summed E-state index contributed by atoms with van der Waals surface area (Å²) in [5, 5.41) is 9.42. The molecule has 0 N–H and O–H groups in total. The summed E-state index contributed by atoms with van der Waals surface area (Å²) in [4.78, 5) is 11.3. The van der Waals surface area contributed by atoms with E-state index in [2.05, 4.69) is 10.2 Å². The van der Waals surface area contributed by atoms with Gasteiger partial charge in [-0.1, -0.05) is 17.7 Å². The summed E-state index contributed by atoms with van der Waals surface area (Å²) >= 11 is 6.00. The number of carbonyl (C=O) groups excluding carboxylic acids is 1. The van der Waals surface area contributed by atoms with Crippen LogP contribution in [0.4, 0.5) is 0 Å². The highest BCUT2D eigenvalue weighted by molar-refractivity contribution is 6.30. The Balaban J connectivity index is 2.15. The van der Waals surface area contributed by atoms with E-state index in [0.717, 1.165) is 23.2 Å². The standard InChI is InChI=1S/C15H13ClN4O/c1-10-14(8-19(2)17-10)15-11(9-21)7-20(18-15)13-5-3-4-12(16)6-13/h3-9H,1-2H3. The van der Waals surface area contributed by atoms with Crippen molar-refractivity contribution in [3.63, 3.8) is 0 Å². The molecule has 0 saturated heterocycles. The van der Waals surface area contributed by atoms with Crippen LogP contribution in [0.3, 0.4) is 0 Å². The molecule has 2 heterocycles. The molecule has 5 nitrogen and oxygen atoms in total. The van der Waals surface area contributed by atoms with Gasteiger partial charge in [-0.05, 0) is 25.1 Å². The van der Waals surface area contributed by atoms with Gasteiger partial charge in [-0.2, -0.15) is 10.2 Å². The van der Waals surface area contributed by atoms with Gasteiger partial charge >= 0.3 is 0 Å². The Bertz CT molecular complexity index is 819. The number of hydrogen-bond acceptors (Lipinski definition) is 3. The van der Waals surface area contributed by atoms with Crippen LogP contribution in [0.5, 0.6) is 0 Å². The third-order valence-electron chi connectivity index (χ3n) is 3.21. The van der Waals surface area contributed by atoms with Crippen LogP contribution < -0.4 is 0 Å². The molecule has 0 fully saturated rings. The van der Waals surface area contributed by atoms with Gasteiger partial charge in [0, 0.05) is 30.0 Å². The summed E-state index contributed by atoms with van der Waals surface area (Å²) in [7, 11) is 1.84. The van der Waals surface area contributed by atoms with E-state index < -0.39 is 0 Å². The number of hydrogen-bond donors (Lipinski definition) is 0. The molecule has 0 aliphatic carbocycles. The lowest BCUT2D eigenvalue weighted by Gasteiger charge is -2.01. The maximum Gasteiger partial charge on any atom is 0.153 e. The zero-order chi connectivity index (χ0) is 15.0. The Morgan fingerprint density at radius 2 is 2.05 bits per heavy atom. The number of carbonyl (C=O) groups is 1. The van der Waals surface area contributed by atoms with Crippen LogP contribution in [0.15, 0.2) is 36.7 Å². The summed E-state index contributed by atoms with van der Waals surface area (Å²) in [6.07, 6.45) is 4.35. The molecule has 0 amide bonds. The number of halogens is 1. The van der Waals surface area contributed by atoms with Crippen molar-refractivity contribution in [1.29, 1.82) is 0 Å². The summed E-state index contributed by atoms with van der Waals surface area (Å²) < 4.78 is 3.36. The van der Waals surface area contributed by atoms with Gasteiger partial charge < -0.3 is 0 Å². The maximum absolute atomic E-state index is 11.3. The average molecular weight is 301 g/mol. The van der Waals surface area contributed by atoms with E-state index in [4.69, 9.17) is 11.6 Å². The molecule has 106 valence electrons. The molecule has 0 unspecified atom stereocenters. The van der Waals surface area contributed by atoms with Gasteiger partial charge in [0.1, 0.15) is 5.69 Å². The zero-order valence-electron chi connectivity index (χ0n) is 11.6. The van der Waals surface area contributed by atoms with Crippen molar-refractivity contribution in [1.82, 2.24) is 19.6 Å². The first-order chi connectivity index (χ1) is 10.1. The minimum Gasteiger partial charge on any atom is -0.298 e. The van der Waals surface area contributed by atoms with Crippen molar-refractivity contribution >= 4 is 17.9 Å². The topological polar surface area (TPSA) is 52.7 Å². The minimum absolute atomic E-state index is 0.520. The SMILES string of the molecule is Cc1nn(C)cc1-c1nn(-c2cccc(Cl)c2)cc1C=O. The molecule has 6 heteroatoms. The molecule has 21 heavy (non-hydrogen) atoms. The summed E-state index contributed by atoms with van der Waals surface area (Å²) in [6.45, 7) is 1.89. The molecule has 0 saturated carbocycles. The first-order valence-corrected chi connectivity index (χ1v) is 6.77. The third kappa shape index (κ3) is 2.48. The number of nitrogens with zero attached hydrogens (tertiary/aromatic N) is 4. The van der Waals surface area contributed by atoms with E-state index in [0.29, 0.717) is 16.3 Å². The van der Waals surface area contributed by atoms with Gasteiger partial charge in [0.2, 0.25) is 0 Å². The molecule has 0 aliphatic rings. The van der Waals surface area contributed by atoms with Crippen molar-refractivity contribution in [3.05, 3.63) is 52.9 Å². The largest absolute Gasteiger partial charge is 0.298 e. The van der Waals surface area contributed by atoms with E-state index in [9.17, 15) is 4.79 Å². The monoisotopic (exact) mass is 300 g/mol. The van der Waals surface area contributed by atoms with Crippen LogP contribution in [0, 0.1) is 6.92 Å². The van der Waals surface area contributed by atoms with E-state index >= 15 is 0 Å². The maximum atomic E-state index is 11.3. The smallest absolute Gasteiger partial charge is 0.153 e. The second-order valence-electron chi connectivity index (χ2n) is 4.78. The van der Waals surface area contributed by atoms with Crippen molar-refractivity contribution < 1.29 is 4.79 Å². The molecule has 0 atom stereocenters. The van der Waals surface area contributed by atoms with E-state index in [-0.39, 0.29) is 0 Å². The highest BCUT2D eigenvalue weighted by Gasteiger charge is 2.16. The van der Waals surface area contributed by atoms with Crippen molar-refractivity contribution in [2.75, 3.05) is 0 Å². The summed E-state index contributed by atoms with van der Waals surface area (Å²) in [5.41, 5.74) is 3.62. The van der Waals surface area contributed by atoms with E-state index in [1.54, 1.807) is 27.7 Å². The third-order valence-corrected chi connectivity index (χ3v) is 3.45. The predicted octanol–water partition coefficient (Wildman–Crippen LogP) is 3.05. The van der Waals surface area contributed by atoms with Gasteiger partial charge in [0.15, 0.2) is 6.29 Å². The molecule has 1 aromatic carbocycles. The Morgan fingerprint density at radius 1 is 1.24 bits per heavy atom. The highest BCUT2D eigenvalue weighted by atomic mass is 35.5. The minimum atomic E-state index is 0.520. The Morgan fingerprint density at radius 3 is 2.67 bits per heavy atom. The normalized spacial score (nSPS) is 10.8. The van der Waals surface area contributed by atoms with Crippen LogP contribution in [-0.2, 0) is 7.05 Å². The lowest BCUT2D eigenvalue weighted by molar-refractivity contribution is 0.112. The van der Waals surface area contributed by atoms with Crippen LogP contribution in [-0.4, -0.2) is 25.8 Å². The molecule has 0 radical (unpaired) electrons. The number of rotatable bonds is 3. The number of aromatic nitrogens is 4. The zero-order valence-corrected chi connectivity index (χ0v) is 12.4. The average Bonchev–Trinajstić information content (AvgIpc) is 3.01. The lowest BCUT2D eigenvalue weighted by Crippen LogP contribution is -1.94. The molecule has 0 spiro atoms. The Kier molecular flexibility index (Phi) is 3.35. The lowest BCUT2D eigenvalue weighted by atomic mass is 10.1. The van der Waals surface area contributed by atoms with Crippen LogP contribution in [0.1, 0.15) is 16.1 Å². The molecule has 3 rings (SSSR count). The Labute approximate surface area is 126 Å². The van der Waals surface area contributed by atoms with Gasteiger partial charge in [0.25, 0.3) is 0 Å². The molecular weight excluding hydrogens is 288 g/mol. The number of aldehydes is 1. The number of benzene rings is 1. The fourth-order valence-corrected chi connectivity index (χ4v) is 2.45. The molecule has 2 aromatic heterocycles. The molecule has 0 bridgehead atoms. The number of aryl methyl sites for hydroxylation is 2. The first kappa shape index (κ1) is 13.6. The quantitative estimate of drug-likeness (QED) is 0.699. The first-order valence-electron chi connectivity index (χ1n) is 6.40. The second kappa shape index (κ2) is 5.18. The van der Waals surface area contributed by atoms with Gasteiger partial charge in [-0.3, -0.25) is 9.48 Å². The Hall–Kier alpha value is -2.40. The van der Waals surface area contributed by atoms with Crippen molar-refractivity contribution in [3.8, 4) is 16.9 Å².